The van der Waals surface area contributed by atoms with Gasteiger partial charge in [0.2, 0.25) is 5.91 Å². The van der Waals surface area contributed by atoms with Crippen molar-refractivity contribution in [3.05, 3.63) is 12.2 Å². The summed E-state index contributed by atoms with van der Waals surface area (Å²) in [5.74, 6) is -1.64. The number of carbonyl (C=O) groups is 1. The molecule has 4 atom stereocenters. The van der Waals surface area contributed by atoms with Crippen LogP contribution in [0.3, 0.4) is 0 Å². The van der Waals surface area contributed by atoms with Crippen LogP contribution in [0.25, 0.3) is 0 Å². The van der Waals surface area contributed by atoms with Crippen molar-refractivity contribution in [2.24, 2.45) is 11.1 Å². The number of ether oxygens (including phenoxy) is 3. The summed E-state index contributed by atoms with van der Waals surface area (Å²) in [6.07, 6.45) is 0.171. The van der Waals surface area contributed by atoms with E-state index >= 15 is 0 Å². The van der Waals surface area contributed by atoms with Gasteiger partial charge in [0.05, 0.1) is 0 Å². The normalized spacial score (nSPS) is 31.3. The van der Waals surface area contributed by atoms with E-state index in [-0.39, 0.29) is 5.41 Å². The van der Waals surface area contributed by atoms with Crippen LogP contribution in [0.1, 0.15) is 34.6 Å². The van der Waals surface area contributed by atoms with Gasteiger partial charge in [0.15, 0.2) is 11.9 Å². The van der Waals surface area contributed by atoms with Crippen LogP contribution in [0, 0.1) is 5.41 Å². The van der Waals surface area contributed by atoms with Gasteiger partial charge in [-0.2, -0.15) is 0 Å². The Kier molecular flexibility index (Phi) is 5.55. The standard InChI is InChI=1S/C15H27NO5/c1-14(2,3)8-7-9-10(17)11(12(19-6)13(16)18)21-15(4,5)20-9/h7-12,17H,1-6H3,(H2,16,18)/b8-7+/t9-,10-,11-,12?/m1/s1. The number of hydrogen-bond donors (Lipinski definition) is 2. The number of carbonyl (C=O) groups excluding carboxylic acids is 1. The van der Waals surface area contributed by atoms with Crippen molar-refractivity contribution in [3.8, 4) is 0 Å². The zero-order valence-electron chi connectivity index (χ0n) is 13.6. The van der Waals surface area contributed by atoms with Gasteiger partial charge in [-0.1, -0.05) is 32.9 Å². The van der Waals surface area contributed by atoms with Crippen LogP contribution in [-0.4, -0.2) is 48.3 Å². The van der Waals surface area contributed by atoms with Crippen molar-refractivity contribution in [3.63, 3.8) is 0 Å². The maximum atomic E-state index is 11.5. The fourth-order valence-electron chi connectivity index (χ4n) is 2.20. The van der Waals surface area contributed by atoms with Crippen LogP contribution in [0.15, 0.2) is 12.2 Å². The molecule has 1 aliphatic rings. The Morgan fingerprint density at radius 1 is 1.38 bits per heavy atom. The van der Waals surface area contributed by atoms with Crippen LogP contribution >= 0.6 is 0 Å². The number of rotatable bonds is 4. The van der Waals surface area contributed by atoms with Gasteiger partial charge >= 0.3 is 0 Å². The van der Waals surface area contributed by atoms with Crippen molar-refractivity contribution in [1.29, 1.82) is 0 Å². The van der Waals surface area contributed by atoms with Gasteiger partial charge in [-0.15, -0.1) is 0 Å². The quantitative estimate of drug-likeness (QED) is 0.755. The molecule has 0 aliphatic carbocycles. The first-order chi connectivity index (χ1) is 9.47. The first-order valence-electron chi connectivity index (χ1n) is 7.02. The molecule has 0 saturated carbocycles. The summed E-state index contributed by atoms with van der Waals surface area (Å²) < 4.78 is 16.4. The molecule has 1 saturated heterocycles. The van der Waals surface area contributed by atoms with Gasteiger partial charge < -0.3 is 25.1 Å². The largest absolute Gasteiger partial charge is 0.387 e. The number of amides is 1. The minimum atomic E-state index is -1.05. The Bertz CT molecular complexity index is 399. The Balaban J connectivity index is 3.01. The summed E-state index contributed by atoms with van der Waals surface area (Å²) in [7, 11) is 1.36. The SMILES string of the molecule is COC(C(N)=O)[C@@H]1OC(C)(C)O[C@H](/C=C/C(C)(C)C)[C@H]1O. The van der Waals surface area contributed by atoms with E-state index in [9.17, 15) is 9.90 Å². The van der Waals surface area contributed by atoms with E-state index in [2.05, 4.69) is 0 Å². The highest BCUT2D eigenvalue weighted by Gasteiger charge is 2.46. The molecule has 0 aromatic rings. The summed E-state index contributed by atoms with van der Waals surface area (Å²) in [5, 5.41) is 10.4. The van der Waals surface area contributed by atoms with E-state index < -0.39 is 36.1 Å². The molecule has 0 radical (unpaired) electrons. The molecular weight excluding hydrogens is 274 g/mol. The van der Waals surface area contributed by atoms with E-state index in [0.717, 1.165) is 0 Å². The molecular formula is C15H27NO5. The van der Waals surface area contributed by atoms with Crippen LogP contribution in [-0.2, 0) is 19.0 Å². The molecule has 1 heterocycles. The smallest absolute Gasteiger partial charge is 0.249 e. The van der Waals surface area contributed by atoms with Gasteiger partial charge in [0.25, 0.3) is 0 Å². The first-order valence-corrected chi connectivity index (χ1v) is 7.02. The maximum absolute atomic E-state index is 11.5. The molecule has 1 unspecified atom stereocenters. The minimum Gasteiger partial charge on any atom is -0.387 e. The second-order valence-corrected chi connectivity index (χ2v) is 6.84. The number of primary amides is 1. The Labute approximate surface area is 126 Å². The summed E-state index contributed by atoms with van der Waals surface area (Å²) in [6.45, 7) is 9.56. The van der Waals surface area contributed by atoms with E-state index in [1.165, 1.54) is 7.11 Å². The molecule has 1 amide bonds. The molecule has 0 spiro atoms. The molecule has 1 rings (SSSR count). The number of nitrogens with two attached hydrogens (primary N) is 1. The molecule has 122 valence electrons. The molecule has 1 aliphatic heterocycles. The van der Waals surface area contributed by atoms with Crippen molar-refractivity contribution < 1.29 is 24.1 Å². The summed E-state index contributed by atoms with van der Waals surface area (Å²) in [6, 6.07) is 0. The lowest BCUT2D eigenvalue weighted by atomic mass is 9.93. The molecule has 21 heavy (non-hydrogen) atoms. The minimum absolute atomic E-state index is 0.0502. The zero-order chi connectivity index (χ0) is 16.4. The monoisotopic (exact) mass is 301 g/mol. The Morgan fingerprint density at radius 2 is 1.95 bits per heavy atom. The van der Waals surface area contributed by atoms with E-state index in [1.807, 2.05) is 26.8 Å². The van der Waals surface area contributed by atoms with Gasteiger partial charge in [-0.05, 0) is 19.3 Å². The second kappa shape index (κ2) is 6.44. The number of hydrogen-bond acceptors (Lipinski definition) is 5. The molecule has 0 bridgehead atoms. The van der Waals surface area contributed by atoms with Crippen molar-refractivity contribution in [2.75, 3.05) is 7.11 Å². The number of methoxy groups -OCH3 is 1. The number of allylic oxidation sites excluding steroid dienone is 1. The van der Waals surface area contributed by atoms with Crippen molar-refractivity contribution in [1.82, 2.24) is 0 Å². The average molecular weight is 301 g/mol. The zero-order valence-corrected chi connectivity index (χ0v) is 13.6. The van der Waals surface area contributed by atoms with E-state index in [1.54, 1.807) is 19.9 Å². The summed E-state index contributed by atoms with van der Waals surface area (Å²) in [5.41, 5.74) is 5.25. The lowest BCUT2D eigenvalue weighted by Crippen LogP contribution is -2.60. The fraction of sp³-hybridized carbons (Fsp3) is 0.800. The number of aliphatic hydroxyl groups is 1. The van der Waals surface area contributed by atoms with E-state index in [4.69, 9.17) is 19.9 Å². The van der Waals surface area contributed by atoms with E-state index in [0.29, 0.717) is 0 Å². The molecule has 0 aromatic heterocycles. The third-order valence-corrected chi connectivity index (χ3v) is 3.13. The van der Waals surface area contributed by atoms with Gasteiger partial charge in [-0.25, -0.2) is 0 Å². The lowest BCUT2D eigenvalue weighted by molar-refractivity contribution is -0.334. The third kappa shape index (κ3) is 5.07. The summed E-state index contributed by atoms with van der Waals surface area (Å²) in [4.78, 5) is 11.5. The number of aliphatic hydroxyl groups excluding tert-OH is 1. The topological polar surface area (TPSA) is 91.0 Å². The third-order valence-electron chi connectivity index (χ3n) is 3.13. The van der Waals surface area contributed by atoms with Crippen LogP contribution in [0.4, 0.5) is 0 Å². The van der Waals surface area contributed by atoms with Crippen LogP contribution in [0.2, 0.25) is 0 Å². The lowest BCUT2D eigenvalue weighted by Gasteiger charge is -2.44. The molecule has 0 aromatic carbocycles. The predicted octanol–water partition coefficient (Wildman–Crippen LogP) is 0.970. The average Bonchev–Trinajstić information content (AvgIpc) is 2.30. The first kappa shape index (κ1) is 18.1. The highest BCUT2D eigenvalue weighted by molar-refractivity contribution is 5.79. The Hall–Kier alpha value is -0.950. The second-order valence-electron chi connectivity index (χ2n) is 6.84. The highest BCUT2D eigenvalue weighted by Crippen LogP contribution is 2.31. The predicted molar refractivity (Wildman–Crippen MR) is 78.4 cm³/mol. The molecule has 1 fully saturated rings. The molecule has 3 N–H and O–H groups in total. The van der Waals surface area contributed by atoms with Crippen molar-refractivity contribution >= 4 is 5.91 Å². The van der Waals surface area contributed by atoms with Crippen molar-refractivity contribution in [2.45, 2.75) is 64.8 Å². The van der Waals surface area contributed by atoms with Crippen LogP contribution < -0.4 is 5.73 Å². The Morgan fingerprint density at radius 3 is 2.38 bits per heavy atom. The van der Waals surface area contributed by atoms with Gasteiger partial charge in [0.1, 0.15) is 18.3 Å². The highest BCUT2D eigenvalue weighted by atomic mass is 16.7. The van der Waals surface area contributed by atoms with Gasteiger partial charge in [0, 0.05) is 7.11 Å². The van der Waals surface area contributed by atoms with Crippen LogP contribution in [0.5, 0.6) is 0 Å². The van der Waals surface area contributed by atoms with Gasteiger partial charge in [-0.3, -0.25) is 4.79 Å². The molecule has 6 nitrogen and oxygen atoms in total. The maximum Gasteiger partial charge on any atom is 0.249 e. The fourth-order valence-corrected chi connectivity index (χ4v) is 2.20. The summed E-state index contributed by atoms with van der Waals surface area (Å²) >= 11 is 0. The molecule has 6 heteroatoms.